The van der Waals surface area contributed by atoms with Crippen molar-refractivity contribution in [3.8, 4) is 39.4 Å². The summed E-state index contributed by atoms with van der Waals surface area (Å²) in [6.45, 7) is 1.87. The van der Waals surface area contributed by atoms with Crippen molar-refractivity contribution in [1.82, 2.24) is 25.1 Å². The highest BCUT2D eigenvalue weighted by Gasteiger charge is 2.15. The molecule has 0 amide bonds. The standard InChI is InChI=1S/C26H18FN5O/c1-14-4-16(6-18(27)5-14)22-12-29-13-25-20(22)9-24(30-25)26-21-8-15(2-3-23(21)31-32-26)17-7-19(33)11-28-10-17/h2-13,30,33H,1H3,(H,31,32). The third kappa shape index (κ3) is 3.30. The van der Waals surface area contributed by atoms with Crippen molar-refractivity contribution >= 4 is 21.8 Å². The van der Waals surface area contributed by atoms with Gasteiger partial charge in [-0.2, -0.15) is 5.10 Å². The summed E-state index contributed by atoms with van der Waals surface area (Å²) in [6.07, 6.45) is 6.63. The van der Waals surface area contributed by atoms with Gasteiger partial charge in [0, 0.05) is 34.3 Å². The van der Waals surface area contributed by atoms with Crippen LogP contribution in [0, 0.1) is 12.7 Å². The molecule has 0 spiro atoms. The Bertz CT molecular complexity index is 1650. The molecule has 160 valence electrons. The minimum absolute atomic E-state index is 0.114. The summed E-state index contributed by atoms with van der Waals surface area (Å²) in [5, 5.41) is 19.3. The number of nitrogens with zero attached hydrogens (tertiary/aromatic N) is 3. The van der Waals surface area contributed by atoms with Crippen molar-refractivity contribution in [2.75, 3.05) is 0 Å². The second-order valence-electron chi connectivity index (χ2n) is 8.11. The third-order valence-corrected chi connectivity index (χ3v) is 5.77. The Balaban J connectivity index is 1.51. The number of aryl methyl sites for hydroxylation is 1. The Morgan fingerprint density at radius 3 is 2.52 bits per heavy atom. The van der Waals surface area contributed by atoms with Crippen molar-refractivity contribution in [2.45, 2.75) is 6.92 Å². The first kappa shape index (κ1) is 19.2. The van der Waals surface area contributed by atoms with Gasteiger partial charge in [0.05, 0.1) is 29.1 Å². The van der Waals surface area contributed by atoms with Crippen molar-refractivity contribution in [2.24, 2.45) is 0 Å². The Labute approximate surface area is 187 Å². The Kier molecular flexibility index (Phi) is 4.23. The van der Waals surface area contributed by atoms with Crippen LogP contribution in [0.5, 0.6) is 5.75 Å². The van der Waals surface area contributed by atoms with E-state index in [0.29, 0.717) is 0 Å². The zero-order valence-electron chi connectivity index (χ0n) is 17.6. The fourth-order valence-electron chi connectivity index (χ4n) is 4.29. The van der Waals surface area contributed by atoms with Crippen LogP contribution >= 0.6 is 0 Å². The number of fused-ring (bicyclic) bond motifs is 2. The first-order valence-electron chi connectivity index (χ1n) is 10.4. The van der Waals surface area contributed by atoms with Crippen LogP contribution in [0.25, 0.3) is 55.4 Å². The number of aromatic amines is 2. The normalized spacial score (nSPS) is 11.5. The molecular weight excluding hydrogens is 417 g/mol. The van der Waals surface area contributed by atoms with E-state index < -0.39 is 0 Å². The average Bonchev–Trinajstić information content (AvgIpc) is 3.41. The van der Waals surface area contributed by atoms with Gasteiger partial charge in [-0.15, -0.1) is 0 Å². The summed E-state index contributed by atoms with van der Waals surface area (Å²) in [4.78, 5) is 11.8. The van der Waals surface area contributed by atoms with Gasteiger partial charge in [0.25, 0.3) is 0 Å². The molecule has 0 radical (unpaired) electrons. The monoisotopic (exact) mass is 435 g/mol. The fourth-order valence-corrected chi connectivity index (χ4v) is 4.29. The minimum Gasteiger partial charge on any atom is -0.506 e. The molecule has 0 aliphatic heterocycles. The Morgan fingerprint density at radius 2 is 1.67 bits per heavy atom. The zero-order chi connectivity index (χ0) is 22.5. The number of nitrogens with one attached hydrogen (secondary N) is 2. The van der Waals surface area contributed by atoms with Crippen molar-refractivity contribution < 1.29 is 9.50 Å². The number of aromatic hydroxyl groups is 1. The van der Waals surface area contributed by atoms with E-state index in [-0.39, 0.29) is 11.6 Å². The van der Waals surface area contributed by atoms with Gasteiger partial charge in [-0.1, -0.05) is 12.1 Å². The van der Waals surface area contributed by atoms with Crippen LogP contribution in [0.4, 0.5) is 4.39 Å². The lowest BCUT2D eigenvalue weighted by Crippen LogP contribution is -1.85. The maximum Gasteiger partial charge on any atom is 0.134 e. The lowest BCUT2D eigenvalue weighted by atomic mass is 10.0. The van der Waals surface area contributed by atoms with E-state index in [9.17, 15) is 9.50 Å². The summed E-state index contributed by atoms with van der Waals surface area (Å²) in [6, 6.07) is 14.6. The predicted molar refractivity (Wildman–Crippen MR) is 126 cm³/mol. The van der Waals surface area contributed by atoms with Crippen LogP contribution < -0.4 is 0 Å². The minimum atomic E-state index is -0.273. The molecule has 4 aromatic heterocycles. The third-order valence-electron chi connectivity index (χ3n) is 5.77. The lowest BCUT2D eigenvalue weighted by Gasteiger charge is -2.05. The summed E-state index contributed by atoms with van der Waals surface area (Å²) in [5.41, 5.74) is 7.53. The number of pyridine rings is 2. The van der Waals surface area contributed by atoms with Crippen molar-refractivity contribution in [3.63, 3.8) is 0 Å². The molecule has 0 unspecified atom stereocenters. The molecule has 33 heavy (non-hydrogen) atoms. The van der Waals surface area contributed by atoms with Gasteiger partial charge in [0.1, 0.15) is 17.3 Å². The lowest BCUT2D eigenvalue weighted by molar-refractivity contribution is 0.473. The van der Waals surface area contributed by atoms with Gasteiger partial charge in [-0.3, -0.25) is 15.1 Å². The van der Waals surface area contributed by atoms with E-state index in [4.69, 9.17) is 0 Å². The largest absolute Gasteiger partial charge is 0.506 e. The Morgan fingerprint density at radius 1 is 0.788 bits per heavy atom. The molecule has 4 heterocycles. The first-order chi connectivity index (χ1) is 16.0. The molecule has 0 saturated heterocycles. The van der Waals surface area contributed by atoms with Gasteiger partial charge in [-0.05, 0) is 60.0 Å². The fraction of sp³-hybridized carbons (Fsp3) is 0.0385. The molecule has 3 N–H and O–H groups in total. The van der Waals surface area contributed by atoms with Crippen molar-refractivity contribution in [3.05, 3.63) is 84.7 Å². The molecule has 6 rings (SSSR count). The number of rotatable bonds is 3. The predicted octanol–water partition coefficient (Wildman–Crippen LogP) is 5.99. The molecule has 2 aromatic carbocycles. The quantitative estimate of drug-likeness (QED) is 0.319. The summed E-state index contributed by atoms with van der Waals surface area (Å²) >= 11 is 0. The zero-order valence-corrected chi connectivity index (χ0v) is 17.6. The van der Waals surface area contributed by atoms with Crippen LogP contribution in [0.15, 0.2) is 73.3 Å². The van der Waals surface area contributed by atoms with E-state index in [1.54, 1.807) is 24.7 Å². The van der Waals surface area contributed by atoms with Crippen LogP contribution in [0.2, 0.25) is 0 Å². The van der Waals surface area contributed by atoms with Crippen LogP contribution in [0.1, 0.15) is 5.56 Å². The van der Waals surface area contributed by atoms with E-state index in [2.05, 4.69) is 25.1 Å². The number of hydrogen-bond donors (Lipinski definition) is 3. The highest BCUT2D eigenvalue weighted by atomic mass is 19.1. The SMILES string of the molecule is Cc1cc(F)cc(-c2cncc3[nH]c(-c4n[nH]c5ccc(-c6cncc(O)c6)cc45)cc23)c1. The number of halogens is 1. The highest BCUT2D eigenvalue weighted by Crippen LogP contribution is 2.35. The molecule has 6 nitrogen and oxygen atoms in total. The van der Waals surface area contributed by atoms with Gasteiger partial charge in [0.2, 0.25) is 0 Å². The molecule has 0 bridgehead atoms. The van der Waals surface area contributed by atoms with Crippen molar-refractivity contribution in [1.29, 1.82) is 0 Å². The first-order valence-corrected chi connectivity index (χ1v) is 10.4. The van der Waals surface area contributed by atoms with E-state index in [0.717, 1.165) is 61.0 Å². The molecule has 6 aromatic rings. The molecule has 7 heteroatoms. The van der Waals surface area contributed by atoms with E-state index in [1.165, 1.54) is 18.3 Å². The van der Waals surface area contributed by atoms with E-state index >= 15 is 0 Å². The van der Waals surface area contributed by atoms with Gasteiger partial charge in [-0.25, -0.2) is 4.39 Å². The topological polar surface area (TPSA) is 90.5 Å². The van der Waals surface area contributed by atoms with Crippen LogP contribution in [-0.2, 0) is 0 Å². The van der Waals surface area contributed by atoms with Gasteiger partial charge in [0.15, 0.2) is 0 Å². The number of benzene rings is 2. The molecule has 0 atom stereocenters. The second kappa shape index (κ2) is 7.27. The van der Waals surface area contributed by atoms with E-state index in [1.807, 2.05) is 37.3 Å². The summed E-state index contributed by atoms with van der Waals surface area (Å²) in [5.74, 6) is -0.159. The number of H-pyrrole nitrogens is 2. The maximum absolute atomic E-state index is 14.1. The number of hydrogen-bond acceptors (Lipinski definition) is 4. The smallest absolute Gasteiger partial charge is 0.134 e. The second-order valence-corrected chi connectivity index (χ2v) is 8.11. The Hall–Kier alpha value is -4.52. The molecule has 0 aliphatic carbocycles. The maximum atomic E-state index is 14.1. The average molecular weight is 435 g/mol. The molecular formula is C26H18FN5O. The highest BCUT2D eigenvalue weighted by molar-refractivity contribution is 6.01. The van der Waals surface area contributed by atoms with Crippen LogP contribution in [0.3, 0.4) is 0 Å². The van der Waals surface area contributed by atoms with Crippen LogP contribution in [-0.4, -0.2) is 30.3 Å². The summed E-state index contributed by atoms with van der Waals surface area (Å²) in [7, 11) is 0. The molecule has 0 saturated carbocycles. The van der Waals surface area contributed by atoms with Gasteiger partial charge < -0.3 is 10.1 Å². The van der Waals surface area contributed by atoms with Gasteiger partial charge >= 0.3 is 0 Å². The molecule has 0 aliphatic rings. The molecule has 0 fully saturated rings. The summed E-state index contributed by atoms with van der Waals surface area (Å²) < 4.78 is 14.1. The number of aromatic nitrogens is 5.